The number of aryl methyl sites for hydroxylation is 1. The van der Waals surface area contributed by atoms with Crippen LogP contribution in [0.1, 0.15) is 33.9 Å². The van der Waals surface area contributed by atoms with Crippen molar-refractivity contribution in [2.24, 2.45) is 0 Å². The molecule has 0 atom stereocenters. The molecule has 2 aromatic rings. The van der Waals surface area contributed by atoms with Crippen LogP contribution in [0.5, 0.6) is 0 Å². The third kappa shape index (κ3) is 5.36. The molecule has 0 bridgehead atoms. The van der Waals surface area contributed by atoms with E-state index in [4.69, 9.17) is 11.6 Å². The number of halogens is 1. The fourth-order valence-corrected chi connectivity index (χ4v) is 3.13. The zero-order valence-corrected chi connectivity index (χ0v) is 13.1. The first-order valence-electron chi connectivity index (χ1n) is 6.81. The summed E-state index contributed by atoms with van der Waals surface area (Å²) in [5.41, 5.74) is 1.25. The number of hydrogen-bond donors (Lipinski definition) is 2. The Morgan fingerprint density at radius 3 is 2.81 bits per heavy atom. The van der Waals surface area contributed by atoms with E-state index < -0.39 is 0 Å². The number of nitrogens with one attached hydrogen (secondary N) is 2. The van der Waals surface area contributed by atoms with Crippen LogP contribution in [-0.2, 0) is 17.6 Å². The lowest BCUT2D eigenvalue weighted by atomic mass is 10.2. The third-order valence-corrected chi connectivity index (χ3v) is 4.34. The van der Waals surface area contributed by atoms with Gasteiger partial charge in [0.2, 0.25) is 5.91 Å². The van der Waals surface area contributed by atoms with Gasteiger partial charge in [0.05, 0.1) is 16.5 Å². The van der Waals surface area contributed by atoms with E-state index in [-0.39, 0.29) is 12.3 Å². The average molecular weight is 325 g/mol. The van der Waals surface area contributed by atoms with E-state index in [0.717, 1.165) is 35.6 Å². The minimum Gasteiger partial charge on any atom is -0.356 e. The molecule has 0 spiro atoms. The molecule has 0 aliphatic rings. The highest BCUT2D eigenvalue weighted by Crippen LogP contribution is 2.22. The molecule has 2 aromatic heterocycles. The molecule has 2 heterocycles. The molecule has 4 nitrogen and oxygen atoms in total. The maximum absolute atomic E-state index is 11.7. The second-order valence-corrected chi connectivity index (χ2v) is 6.55. The van der Waals surface area contributed by atoms with Crippen molar-refractivity contribution in [2.45, 2.75) is 25.7 Å². The molecule has 0 aliphatic carbocycles. The predicted octanol–water partition coefficient (Wildman–Crippen LogP) is 3.22. The zero-order valence-electron chi connectivity index (χ0n) is 11.5. The largest absolute Gasteiger partial charge is 0.356 e. The first kappa shape index (κ1) is 15.8. The summed E-state index contributed by atoms with van der Waals surface area (Å²) in [4.78, 5) is 26.4. The number of aromatic nitrogens is 1. The highest BCUT2D eigenvalue weighted by atomic mass is 35.5. The number of hydrogen-bond acceptors (Lipinski definition) is 3. The topological polar surface area (TPSA) is 62.0 Å². The van der Waals surface area contributed by atoms with Crippen LogP contribution in [0.2, 0.25) is 4.34 Å². The van der Waals surface area contributed by atoms with Crippen molar-refractivity contribution in [1.29, 1.82) is 0 Å². The number of carbonyl (C=O) groups is 2. The molecule has 6 heteroatoms. The minimum atomic E-state index is -0.0338. The summed E-state index contributed by atoms with van der Waals surface area (Å²) in [5.74, 6) is -0.0338. The minimum absolute atomic E-state index is 0.0338. The molecule has 2 rings (SSSR count). The molecule has 0 aliphatic heterocycles. The highest BCUT2D eigenvalue weighted by molar-refractivity contribution is 7.16. The molecule has 112 valence electrons. The van der Waals surface area contributed by atoms with E-state index in [0.29, 0.717) is 12.2 Å². The summed E-state index contributed by atoms with van der Waals surface area (Å²) < 4.78 is 0.818. The van der Waals surface area contributed by atoms with E-state index in [1.807, 2.05) is 12.1 Å². The van der Waals surface area contributed by atoms with Gasteiger partial charge >= 0.3 is 0 Å². The molecular weight excluding hydrogens is 308 g/mol. The van der Waals surface area contributed by atoms with Gasteiger partial charge in [-0.3, -0.25) is 9.59 Å². The molecular formula is C15H17ClN2O2S. The Morgan fingerprint density at radius 2 is 2.14 bits per heavy atom. The normalized spacial score (nSPS) is 10.5. The number of unbranched alkanes of at least 4 members (excludes halogenated alkanes) is 1. The van der Waals surface area contributed by atoms with Crippen LogP contribution >= 0.6 is 22.9 Å². The van der Waals surface area contributed by atoms with Crippen molar-refractivity contribution >= 4 is 35.1 Å². The average Bonchev–Trinajstić information content (AvgIpc) is 3.07. The Bertz CT molecular complexity index is 606. The maximum Gasteiger partial charge on any atom is 0.225 e. The second-order valence-electron chi connectivity index (χ2n) is 4.75. The van der Waals surface area contributed by atoms with Crippen LogP contribution in [-0.4, -0.2) is 23.7 Å². The van der Waals surface area contributed by atoms with E-state index in [1.54, 1.807) is 23.5 Å². The summed E-state index contributed by atoms with van der Waals surface area (Å²) in [6, 6.07) is 7.38. The Balaban J connectivity index is 1.59. The summed E-state index contributed by atoms with van der Waals surface area (Å²) in [7, 11) is 0. The van der Waals surface area contributed by atoms with Gasteiger partial charge in [-0.05, 0) is 43.5 Å². The van der Waals surface area contributed by atoms with Gasteiger partial charge in [-0.15, -0.1) is 11.3 Å². The number of carbonyl (C=O) groups excluding carboxylic acids is 2. The quantitative estimate of drug-likeness (QED) is 0.578. The van der Waals surface area contributed by atoms with Gasteiger partial charge in [0, 0.05) is 17.1 Å². The number of rotatable bonds is 8. The first-order chi connectivity index (χ1) is 10.2. The zero-order chi connectivity index (χ0) is 15.1. The standard InChI is InChI=1S/C15H17ClN2O2S/c16-14-7-6-13(21-14)3-1-2-8-17-15(20)9-11-4-5-12(10-19)18-11/h4-7,10,18H,1-3,8-9H2,(H,17,20). The van der Waals surface area contributed by atoms with Gasteiger partial charge in [0.15, 0.2) is 6.29 Å². The number of thiophene rings is 1. The Kier molecular flexibility index (Phi) is 6.02. The van der Waals surface area contributed by atoms with Crippen molar-refractivity contribution < 1.29 is 9.59 Å². The number of aldehydes is 1. The van der Waals surface area contributed by atoms with Crippen molar-refractivity contribution in [3.05, 3.63) is 44.9 Å². The van der Waals surface area contributed by atoms with Crippen LogP contribution < -0.4 is 5.32 Å². The summed E-state index contributed by atoms with van der Waals surface area (Å²) in [6.45, 7) is 0.666. The van der Waals surface area contributed by atoms with Crippen LogP contribution in [0.15, 0.2) is 24.3 Å². The van der Waals surface area contributed by atoms with Crippen molar-refractivity contribution in [1.82, 2.24) is 10.3 Å². The van der Waals surface area contributed by atoms with Gasteiger partial charge in [-0.2, -0.15) is 0 Å². The summed E-state index contributed by atoms with van der Waals surface area (Å²) in [5, 5.41) is 2.88. The van der Waals surface area contributed by atoms with Gasteiger partial charge in [-0.1, -0.05) is 11.6 Å². The van der Waals surface area contributed by atoms with Gasteiger partial charge < -0.3 is 10.3 Å². The molecule has 0 unspecified atom stereocenters. The Morgan fingerprint density at radius 1 is 1.29 bits per heavy atom. The third-order valence-electron chi connectivity index (χ3n) is 3.05. The lowest BCUT2D eigenvalue weighted by molar-refractivity contribution is -0.120. The number of amides is 1. The van der Waals surface area contributed by atoms with Crippen molar-refractivity contribution in [3.63, 3.8) is 0 Å². The monoisotopic (exact) mass is 324 g/mol. The summed E-state index contributed by atoms with van der Waals surface area (Å²) in [6.07, 6.45) is 3.96. The van der Waals surface area contributed by atoms with Gasteiger partial charge in [-0.25, -0.2) is 0 Å². The van der Waals surface area contributed by atoms with Crippen LogP contribution in [0.25, 0.3) is 0 Å². The molecule has 21 heavy (non-hydrogen) atoms. The first-order valence-corrected chi connectivity index (χ1v) is 8.01. The van der Waals surface area contributed by atoms with Crippen LogP contribution in [0.3, 0.4) is 0 Å². The lowest BCUT2D eigenvalue weighted by Crippen LogP contribution is -2.26. The second kappa shape index (κ2) is 8.00. The van der Waals surface area contributed by atoms with E-state index >= 15 is 0 Å². The fourth-order valence-electron chi connectivity index (χ4n) is 2.00. The Labute approximate surface area is 132 Å². The highest BCUT2D eigenvalue weighted by Gasteiger charge is 2.05. The van der Waals surface area contributed by atoms with Crippen molar-refractivity contribution in [2.75, 3.05) is 6.54 Å². The molecule has 2 N–H and O–H groups in total. The van der Waals surface area contributed by atoms with E-state index in [9.17, 15) is 9.59 Å². The molecule has 0 radical (unpaired) electrons. The number of H-pyrrole nitrogens is 1. The molecule has 0 aromatic carbocycles. The van der Waals surface area contributed by atoms with Crippen molar-refractivity contribution in [3.8, 4) is 0 Å². The molecule has 1 amide bonds. The van der Waals surface area contributed by atoms with Crippen LogP contribution in [0, 0.1) is 0 Å². The summed E-state index contributed by atoms with van der Waals surface area (Å²) >= 11 is 7.47. The smallest absolute Gasteiger partial charge is 0.225 e. The van der Waals surface area contributed by atoms with Gasteiger partial charge in [0.1, 0.15) is 0 Å². The van der Waals surface area contributed by atoms with E-state index in [1.165, 1.54) is 4.88 Å². The SMILES string of the molecule is O=Cc1ccc(CC(=O)NCCCCc2ccc(Cl)s2)[nH]1. The van der Waals surface area contributed by atoms with Crippen LogP contribution in [0.4, 0.5) is 0 Å². The predicted molar refractivity (Wildman–Crippen MR) is 85.2 cm³/mol. The molecule has 0 saturated heterocycles. The van der Waals surface area contributed by atoms with E-state index in [2.05, 4.69) is 10.3 Å². The maximum atomic E-state index is 11.7. The van der Waals surface area contributed by atoms with Gasteiger partial charge in [0.25, 0.3) is 0 Å². The number of aromatic amines is 1. The lowest BCUT2D eigenvalue weighted by Gasteiger charge is -2.04. The Hall–Kier alpha value is -1.59. The molecule has 0 saturated carbocycles. The molecule has 0 fully saturated rings. The fraction of sp³-hybridized carbons (Fsp3) is 0.333.